The molecule has 3 aliphatic rings. The number of rotatable bonds is 3. The van der Waals surface area contributed by atoms with Gasteiger partial charge in [-0.2, -0.15) is 13.2 Å². The molecule has 1 heterocycles. The van der Waals surface area contributed by atoms with Crippen LogP contribution in [0.1, 0.15) is 32.1 Å². The molecule has 1 saturated heterocycles. The SMILES string of the molecule is CN(C(=O)[C@H]1C[C@H]2CC[C@H]1C2)[C@H]1CCN(CC(F)(F)F)C1=O. The molecule has 0 spiro atoms. The van der Waals surface area contributed by atoms with Crippen LogP contribution in [0.25, 0.3) is 0 Å². The molecule has 0 aromatic carbocycles. The van der Waals surface area contributed by atoms with Gasteiger partial charge in [0.1, 0.15) is 12.6 Å². The highest BCUT2D eigenvalue weighted by Gasteiger charge is 2.47. The number of nitrogens with zero attached hydrogens (tertiary/aromatic N) is 2. The van der Waals surface area contributed by atoms with Crippen LogP contribution in [0.5, 0.6) is 0 Å². The van der Waals surface area contributed by atoms with Crippen molar-refractivity contribution in [3.8, 4) is 0 Å². The Bertz CT molecular complexity index is 480. The first-order valence-corrected chi connectivity index (χ1v) is 7.88. The van der Waals surface area contributed by atoms with Crippen molar-refractivity contribution < 1.29 is 22.8 Å². The molecule has 4 atom stereocenters. The van der Waals surface area contributed by atoms with Gasteiger partial charge < -0.3 is 9.80 Å². The summed E-state index contributed by atoms with van der Waals surface area (Å²) >= 11 is 0. The number of alkyl halides is 3. The van der Waals surface area contributed by atoms with E-state index >= 15 is 0 Å². The molecule has 3 fully saturated rings. The summed E-state index contributed by atoms with van der Waals surface area (Å²) in [6, 6.07) is -0.728. The van der Waals surface area contributed by atoms with Crippen LogP contribution < -0.4 is 0 Å². The lowest BCUT2D eigenvalue weighted by molar-refractivity contribution is -0.160. The molecule has 2 saturated carbocycles. The standard InChI is InChI=1S/C15H21F3N2O2/c1-19(13(21)11-7-9-2-3-10(11)6-9)12-4-5-20(14(12)22)8-15(16,17)18/h9-12H,2-8H2,1H3/t9-,10-,11-,12-/m0/s1. The number of halogens is 3. The summed E-state index contributed by atoms with van der Waals surface area (Å²) in [5.74, 6) is 0.361. The second-order valence-electron chi connectivity index (χ2n) is 6.91. The average Bonchev–Trinajstić information content (AvgIpc) is 3.13. The number of hydrogen-bond donors (Lipinski definition) is 0. The molecule has 2 aliphatic carbocycles. The van der Waals surface area contributed by atoms with Crippen LogP contribution in [0.2, 0.25) is 0 Å². The molecule has 7 heteroatoms. The van der Waals surface area contributed by atoms with Gasteiger partial charge in [-0.15, -0.1) is 0 Å². The fourth-order valence-corrected chi connectivity index (χ4v) is 4.42. The molecule has 4 nitrogen and oxygen atoms in total. The minimum Gasteiger partial charge on any atom is -0.333 e. The molecule has 1 aliphatic heterocycles. The summed E-state index contributed by atoms with van der Waals surface area (Å²) in [4.78, 5) is 27.0. The molecular weight excluding hydrogens is 297 g/mol. The summed E-state index contributed by atoms with van der Waals surface area (Å²) < 4.78 is 37.3. The molecule has 2 amide bonds. The first-order chi connectivity index (χ1) is 10.3. The number of carbonyl (C=O) groups is 2. The van der Waals surface area contributed by atoms with E-state index in [9.17, 15) is 22.8 Å². The van der Waals surface area contributed by atoms with Crippen LogP contribution in [-0.4, -0.2) is 54.0 Å². The van der Waals surface area contributed by atoms with Gasteiger partial charge in [0.05, 0.1) is 0 Å². The number of amides is 2. The smallest absolute Gasteiger partial charge is 0.333 e. The van der Waals surface area contributed by atoms with Gasteiger partial charge in [0.25, 0.3) is 0 Å². The molecule has 0 radical (unpaired) electrons. The summed E-state index contributed by atoms with van der Waals surface area (Å²) in [5, 5.41) is 0. The molecule has 2 bridgehead atoms. The van der Waals surface area contributed by atoms with Crippen LogP contribution in [0.4, 0.5) is 13.2 Å². The van der Waals surface area contributed by atoms with Crippen molar-refractivity contribution in [1.82, 2.24) is 9.80 Å². The third-order valence-corrected chi connectivity index (χ3v) is 5.51. The van der Waals surface area contributed by atoms with E-state index in [1.807, 2.05) is 0 Å². The Balaban J connectivity index is 1.62. The molecule has 0 N–H and O–H groups in total. The zero-order chi connectivity index (χ0) is 16.1. The molecule has 3 rings (SSSR count). The van der Waals surface area contributed by atoms with Crippen LogP contribution in [0.3, 0.4) is 0 Å². The van der Waals surface area contributed by atoms with E-state index < -0.39 is 24.7 Å². The molecule has 0 aromatic heterocycles. The van der Waals surface area contributed by atoms with Gasteiger partial charge in [0, 0.05) is 19.5 Å². The first-order valence-electron chi connectivity index (χ1n) is 7.88. The Labute approximate surface area is 127 Å². The van der Waals surface area contributed by atoms with Crippen molar-refractivity contribution in [3.05, 3.63) is 0 Å². The number of carbonyl (C=O) groups excluding carboxylic acids is 2. The van der Waals surface area contributed by atoms with Gasteiger partial charge in [0.2, 0.25) is 11.8 Å². The number of likely N-dealkylation sites (tertiary alicyclic amines) is 1. The molecule has 0 unspecified atom stereocenters. The largest absolute Gasteiger partial charge is 0.406 e. The minimum atomic E-state index is -4.39. The fourth-order valence-electron chi connectivity index (χ4n) is 4.42. The van der Waals surface area contributed by atoms with Gasteiger partial charge in [-0.3, -0.25) is 9.59 Å². The lowest BCUT2D eigenvalue weighted by Crippen LogP contribution is -2.47. The van der Waals surface area contributed by atoms with Crippen molar-refractivity contribution in [2.75, 3.05) is 20.1 Å². The highest BCUT2D eigenvalue weighted by molar-refractivity contribution is 5.90. The Morgan fingerprint density at radius 1 is 1.27 bits per heavy atom. The van der Waals surface area contributed by atoms with Crippen LogP contribution in [0, 0.1) is 17.8 Å². The third-order valence-electron chi connectivity index (χ3n) is 5.51. The topological polar surface area (TPSA) is 40.6 Å². The zero-order valence-electron chi connectivity index (χ0n) is 12.6. The van der Waals surface area contributed by atoms with E-state index in [-0.39, 0.29) is 24.8 Å². The Morgan fingerprint density at radius 2 is 2.00 bits per heavy atom. The summed E-state index contributed by atoms with van der Waals surface area (Å²) in [6.07, 6.45) is 0.105. The summed E-state index contributed by atoms with van der Waals surface area (Å²) in [6.45, 7) is -1.16. The van der Waals surface area contributed by atoms with Gasteiger partial charge >= 0.3 is 6.18 Å². The van der Waals surface area contributed by atoms with E-state index in [2.05, 4.69) is 0 Å². The van der Waals surface area contributed by atoms with Crippen molar-refractivity contribution in [1.29, 1.82) is 0 Å². The molecular formula is C15H21F3N2O2. The molecule has 22 heavy (non-hydrogen) atoms. The fraction of sp³-hybridized carbons (Fsp3) is 0.867. The predicted molar refractivity (Wildman–Crippen MR) is 72.7 cm³/mol. The Hall–Kier alpha value is -1.27. The van der Waals surface area contributed by atoms with Crippen LogP contribution in [0.15, 0.2) is 0 Å². The number of fused-ring (bicyclic) bond motifs is 2. The van der Waals surface area contributed by atoms with E-state index in [4.69, 9.17) is 0 Å². The van der Waals surface area contributed by atoms with E-state index in [1.54, 1.807) is 7.05 Å². The quantitative estimate of drug-likeness (QED) is 0.799. The van der Waals surface area contributed by atoms with E-state index in [1.165, 1.54) is 11.3 Å². The third kappa shape index (κ3) is 2.82. The monoisotopic (exact) mass is 318 g/mol. The lowest BCUT2D eigenvalue weighted by atomic mass is 9.87. The Kier molecular flexibility index (Phi) is 3.85. The van der Waals surface area contributed by atoms with Gasteiger partial charge in [-0.1, -0.05) is 6.42 Å². The summed E-state index contributed by atoms with van der Waals surface area (Å²) in [5.41, 5.74) is 0. The van der Waals surface area contributed by atoms with Crippen molar-refractivity contribution in [3.63, 3.8) is 0 Å². The van der Waals surface area contributed by atoms with E-state index in [0.29, 0.717) is 11.8 Å². The molecule has 0 aromatic rings. The van der Waals surface area contributed by atoms with Crippen LogP contribution in [-0.2, 0) is 9.59 Å². The zero-order valence-corrected chi connectivity index (χ0v) is 12.6. The number of likely N-dealkylation sites (N-methyl/N-ethyl adjacent to an activating group) is 1. The lowest BCUT2D eigenvalue weighted by Gasteiger charge is -2.30. The number of hydrogen-bond acceptors (Lipinski definition) is 2. The molecule has 124 valence electrons. The van der Waals surface area contributed by atoms with Crippen molar-refractivity contribution in [2.24, 2.45) is 17.8 Å². The van der Waals surface area contributed by atoms with Gasteiger partial charge in [-0.25, -0.2) is 0 Å². The Morgan fingerprint density at radius 3 is 2.55 bits per heavy atom. The average molecular weight is 318 g/mol. The maximum Gasteiger partial charge on any atom is 0.406 e. The first kappa shape index (κ1) is 15.6. The second kappa shape index (κ2) is 5.42. The second-order valence-corrected chi connectivity index (χ2v) is 6.91. The normalized spacial score (nSPS) is 34.5. The maximum atomic E-state index is 12.6. The predicted octanol–water partition coefficient (Wildman–Crippen LogP) is 2.04. The van der Waals surface area contributed by atoms with E-state index in [0.717, 1.165) is 24.2 Å². The summed E-state index contributed by atoms with van der Waals surface area (Å²) in [7, 11) is 1.56. The maximum absolute atomic E-state index is 12.6. The van der Waals surface area contributed by atoms with Crippen LogP contribution >= 0.6 is 0 Å². The highest BCUT2D eigenvalue weighted by Crippen LogP contribution is 2.49. The van der Waals surface area contributed by atoms with Gasteiger partial charge in [0.15, 0.2) is 0 Å². The highest BCUT2D eigenvalue weighted by atomic mass is 19.4. The van der Waals surface area contributed by atoms with Crippen molar-refractivity contribution >= 4 is 11.8 Å². The minimum absolute atomic E-state index is 0.0341. The van der Waals surface area contributed by atoms with Gasteiger partial charge in [-0.05, 0) is 37.5 Å². The van der Waals surface area contributed by atoms with Crippen molar-refractivity contribution in [2.45, 2.75) is 44.3 Å².